The number of hydrogen-bond acceptors (Lipinski definition) is 2. The number of carbonyl (C=O) groups excluding carboxylic acids is 1. The van der Waals surface area contributed by atoms with E-state index in [9.17, 15) is 4.79 Å². The van der Waals surface area contributed by atoms with Crippen molar-refractivity contribution in [1.29, 1.82) is 0 Å². The molecule has 4 N–H and O–H groups in total. The Morgan fingerprint density at radius 3 is 2.48 bits per heavy atom. The fourth-order valence-corrected chi connectivity index (χ4v) is 1.87. The van der Waals surface area contributed by atoms with E-state index < -0.39 is 0 Å². The molecule has 2 rings (SSSR count). The summed E-state index contributed by atoms with van der Waals surface area (Å²) in [5.41, 5.74) is 7.54. The summed E-state index contributed by atoms with van der Waals surface area (Å²) in [6, 6.07) is 11.7. The van der Waals surface area contributed by atoms with Crippen LogP contribution in [0.1, 0.15) is 5.56 Å². The maximum Gasteiger partial charge on any atom is 0.323 e. The molecule has 6 heteroatoms. The molecule has 0 aliphatic carbocycles. The Hall–Kier alpha value is -2.17. The van der Waals surface area contributed by atoms with Gasteiger partial charge >= 0.3 is 6.03 Å². The Kier molecular flexibility index (Phi) is 5.09. The third-order valence-electron chi connectivity index (χ3n) is 2.62. The van der Waals surface area contributed by atoms with E-state index in [0.717, 1.165) is 5.56 Å². The average molecular weight is 322 g/mol. The van der Waals surface area contributed by atoms with Crippen LogP contribution in [0.15, 0.2) is 48.7 Å². The second kappa shape index (κ2) is 7.02. The molecule has 2 amide bonds. The van der Waals surface area contributed by atoms with Crippen molar-refractivity contribution in [1.82, 2.24) is 5.32 Å². The molecule has 4 nitrogen and oxygen atoms in total. The molecule has 2 aromatic rings. The van der Waals surface area contributed by atoms with Gasteiger partial charge in [-0.1, -0.05) is 35.3 Å². The highest BCUT2D eigenvalue weighted by Crippen LogP contribution is 2.22. The van der Waals surface area contributed by atoms with Gasteiger partial charge in [0.05, 0.1) is 10.7 Å². The normalized spacial score (nSPS) is 10.6. The molecular weight excluding hydrogens is 309 g/mol. The number of rotatable bonds is 3. The van der Waals surface area contributed by atoms with Crippen molar-refractivity contribution in [2.45, 2.75) is 0 Å². The van der Waals surface area contributed by atoms with Gasteiger partial charge in [0.2, 0.25) is 0 Å². The first-order valence-corrected chi connectivity index (χ1v) is 6.85. The Labute approximate surface area is 132 Å². The molecule has 21 heavy (non-hydrogen) atoms. The van der Waals surface area contributed by atoms with E-state index in [4.69, 9.17) is 28.9 Å². The predicted octanol–water partition coefficient (Wildman–Crippen LogP) is 4.37. The minimum Gasteiger partial charge on any atom is -0.398 e. The first-order valence-electron chi connectivity index (χ1n) is 6.09. The van der Waals surface area contributed by atoms with Crippen molar-refractivity contribution < 1.29 is 4.79 Å². The van der Waals surface area contributed by atoms with Gasteiger partial charge in [-0.15, -0.1) is 0 Å². The molecule has 0 saturated heterocycles. The summed E-state index contributed by atoms with van der Waals surface area (Å²) >= 11 is 11.7. The molecule has 0 aromatic heterocycles. The Balaban J connectivity index is 1.89. The maximum atomic E-state index is 11.7. The summed E-state index contributed by atoms with van der Waals surface area (Å²) in [5.74, 6) is 0. The van der Waals surface area contributed by atoms with Crippen LogP contribution >= 0.6 is 23.2 Å². The van der Waals surface area contributed by atoms with Gasteiger partial charge < -0.3 is 16.4 Å². The van der Waals surface area contributed by atoms with Crippen molar-refractivity contribution >= 4 is 46.7 Å². The smallest absolute Gasteiger partial charge is 0.323 e. The van der Waals surface area contributed by atoms with Crippen LogP contribution in [0.5, 0.6) is 0 Å². The number of hydrogen-bond donors (Lipinski definition) is 3. The number of amides is 2. The van der Waals surface area contributed by atoms with Crippen molar-refractivity contribution in [3.05, 3.63) is 64.3 Å². The van der Waals surface area contributed by atoms with E-state index in [1.54, 1.807) is 36.4 Å². The number of carbonyl (C=O) groups is 1. The van der Waals surface area contributed by atoms with Gasteiger partial charge in [0, 0.05) is 16.9 Å². The predicted molar refractivity (Wildman–Crippen MR) is 88.5 cm³/mol. The molecule has 0 bridgehead atoms. The zero-order valence-corrected chi connectivity index (χ0v) is 12.4. The lowest BCUT2D eigenvalue weighted by atomic mass is 10.2. The highest BCUT2D eigenvalue weighted by Gasteiger charge is 2.02. The molecule has 0 aliphatic heterocycles. The first kappa shape index (κ1) is 15.2. The standard InChI is InChI=1S/C15H13Cl2N3O/c16-11-3-1-10(2-4-11)7-8-19-15(21)20-12-5-6-14(18)13(17)9-12/h1-9H,18H2,(H2,19,20,21)/b8-7+. The van der Waals surface area contributed by atoms with E-state index >= 15 is 0 Å². The fraction of sp³-hybridized carbons (Fsp3) is 0. The molecule has 0 aliphatic rings. The van der Waals surface area contributed by atoms with Gasteiger partial charge in [-0.25, -0.2) is 4.79 Å². The zero-order valence-electron chi connectivity index (χ0n) is 10.9. The van der Waals surface area contributed by atoms with Gasteiger partial charge in [-0.05, 0) is 42.0 Å². The van der Waals surface area contributed by atoms with Crippen LogP contribution in [0.25, 0.3) is 6.08 Å². The van der Waals surface area contributed by atoms with E-state index in [1.165, 1.54) is 6.20 Å². The van der Waals surface area contributed by atoms with Crippen molar-refractivity contribution in [3.63, 3.8) is 0 Å². The van der Waals surface area contributed by atoms with Crippen molar-refractivity contribution in [3.8, 4) is 0 Å². The number of nitrogens with two attached hydrogens (primary N) is 1. The minimum absolute atomic E-state index is 0.374. The van der Waals surface area contributed by atoms with E-state index in [-0.39, 0.29) is 6.03 Å². The van der Waals surface area contributed by atoms with Gasteiger partial charge in [-0.2, -0.15) is 0 Å². The topological polar surface area (TPSA) is 67.1 Å². The van der Waals surface area contributed by atoms with Gasteiger partial charge in [-0.3, -0.25) is 0 Å². The first-order chi connectivity index (χ1) is 10.0. The lowest BCUT2D eigenvalue weighted by molar-refractivity contribution is 0.255. The van der Waals surface area contributed by atoms with Gasteiger partial charge in [0.25, 0.3) is 0 Å². The fourth-order valence-electron chi connectivity index (χ4n) is 1.56. The second-order valence-corrected chi connectivity index (χ2v) is 5.06. The van der Waals surface area contributed by atoms with Crippen LogP contribution in [0.4, 0.5) is 16.2 Å². The highest BCUT2D eigenvalue weighted by atomic mass is 35.5. The third-order valence-corrected chi connectivity index (χ3v) is 3.20. The van der Waals surface area contributed by atoms with Gasteiger partial charge in [0.1, 0.15) is 0 Å². The lowest BCUT2D eigenvalue weighted by Crippen LogP contribution is -2.23. The van der Waals surface area contributed by atoms with Crippen molar-refractivity contribution in [2.24, 2.45) is 0 Å². The molecule has 0 spiro atoms. The monoisotopic (exact) mass is 321 g/mol. The van der Waals surface area contributed by atoms with E-state index in [0.29, 0.717) is 21.4 Å². The number of benzene rings is 2. The molecule has 108 valence electrons. The maximum absolute atomic E-state index is 11.7. The summed E-state index contributed by atoms with van der Waals surface area (Å²) < 4.78 is 0. The molecule has 0 fully saturated rings. The Morgan fingerprint density at radius 1 is 1.10 bits per heavy atom. The third kappa shape index (κ3) is 4.70. The Bertz CT molecular complexity index is 669. The molecule has 0 saturated carbocycles. The second-order valence-electron chi connectivity index (χ2n) is 4.22. The van der Waals surface area contributed by atoms with Crippen LogP contribution in [0.3, 0.4) is 0 Å². The largest absolute Gasteiger partial charge is 0.398 e. The summed E-state index contributed by atoms with van der Waals surface area (Å²) in [6.07, 6.45) is 3.29. The number of nitrogens with one attached hydrogen (secondary N) is 2. The lowest BCUT2D eigenvalue weighted by Gasteiger charge is -2.06. The van der Waals surface area contributed by atoms with E-state index in [1.807, 2.05) is 12.1 Å². The highest BCUT2D eigenvalue weighted by molar-refractivity contribution is 6.33. The summed E-state index contributed by atoms with van der Waals surface area (Å²) in [4.78, 5) is 11.7. The van der Waals surface area contributed by atoms with Crippen LogP contribution in [-0.2, 0) is 0 Å². The minimum atomic E-state index is -0.374. The molecule has 0 atom stereocenters. The van der Waals surface area contributed by atoms with Crippen LogP contribution in [-0.4, -0.2) is 6.03 Å². The van der Waals surface area contributed by atoms with E-state index in [2.05, 4.69) is 10.6 Å². The van der Waals surface area contributed by atoms with Crippen LogP contribution in [0.2, 0.25) is 10.0 Å². The summed E-state index contributed by atoms with van der Waals surface area (Å²) in [5, 5.41) is 6.29. The number of halogens is 2. The average Bonchev–Trinajstić information content (AvgIpc) is 2.45. The van der Waals surface area contributed by atoms with Gasteiger partial charge in [0.15, 0.2) is 0 Å². The SMILES string of the molecule is Nc1ccc(NC(=O)N/C=C/c2ccc(Cl)cc2)cc1Cl. The molecule has 0 heterocycles. The quantitative estimate of drug-likeness (QED) is 0.735. The number of nitrogen functional groups attached to an aromatic ring is 1. The zero-order chi connectivity index (χ0) is 15.2. The molecular formula is C15H13Cl2N3O. The summed E-state index contributed by atoms with van der Waals surface area (Å²) in [6.45, 7) is 0. The number of urea groups is 1. The Morgan fingerprint density at radius 2 is 1.81 bits per heavy atom. The number of anilines is 2. The summed E-state index contributed by atoms with van der Waals surface area (Å²) in [7, 11) is 0. The molecule has 0 radical (unpaired) electrons. The van der Waals surface area contributed by atoms with Crippen LogP contribution in [0, 0.1) is 0 Å². The van der Waals surface area contributed by atoms with Crippen LogP contribution < -0.4 is 16.4 Å². The molecule has 0 unspecified atom stereocenters. The van der Waals surface area contributed by atoms with Crippen molar-refractivity contribution in [2.75, 3.05) is 11.1 Å². The molecule has 2 aromatic carbocycles.